The fourth-order valence-electron chi connectivity index (χ4n) is 5.85. The normalized spacial score (nSPS) is 32.4. The van der Waals surface area contributed by atoms with Gasteiger partial charge >= 0.3 is 0 Å². The van der Waals surface area contributed by atoms with E-state index in [0.29, 0.717) is 13.0 Å². The molecule has 0 aliphatic heterocycles. The Labute approximate surface area is 149 Å². The van der Waals surface area contributed by atoms with Crippen LogP contribution in [0.25, 0.3) is 0 Å². The first-order valence-corrected chi connectivity index (χ1v) is 9.52. The summed E-state index contributed by atoms with van der Waals surface area (Å²) in [6.07, 6.45) is 11.8. The Bertz CT molecular complexity index is 608. The Balaban J connectivity index is 1.22. The Morgan fingerprint density at radius 2 is 1.56 bits per heavy atom. The van der Waals surface area contributed by atoms with Gasteiger partial charge in [0.15, 0.2) is 0 Å². The topological polar surface area (TPSA) is 71.1 Å². The van der Waals surface area contributed by atoms with E-state index in [9.17, 15) is 9.59 Å². The summed E-state index contributed by atoms with van der Waals surface area (Å²) in [5, 5.41) is 5.66. The highest BCUT2D eigenvalue weighted by Crippen LogP contribution is 2.61. The van der Waals surface area contributed by atoms with E-state index in [2.05, 4.69) is 15.6 Å². The molecule has 134 valence electrons. The Morgan fingerprint density at radius 1 is 0.960 bits per heavy atom. The molecule has 25 heavy (non-hydrogen) atoms. The van der Waals surface area contributed by atoms with Crippen molar-refractivity contribution in [2.75, 3.05) is 6.54 Å². The van der Waals surface area contributed by atoms with Gasteiger partial charge in [-0.1, -0.05) is 0 Å². The van der Waals surface area contributed by atoms with Crippen LogP contribution in [0.3, 0.4) is 0 Å². The molecule has 2 amide bonds. The van der Waals surface area contributed by atoms with E-state index in [-0.39, 0.29) is 23.8 Å². The number of rotatable bonds is 6. The summed E-state index contributed by atoms with van der Waals surface area (Å²) < 4.78 is 0. The van der Waals surface area contributed by atoms with Crippen LogP contribution in [0, 0.1) is 23.2 Å². The number of carbonyl (C=O) groups is 2. The molecule has 4 aliphatic carbocycles. The second-order valence-corrected chi connectivity index (χ2v) is 8.50. The molecular weight excluding hydrogens is 314 g/mol. The molecular formula is C20H27N3O2. The molecule has 2 N–H and O–H groups in total. The summed E-state index contributed by atoms with van der Waals surface area (Å²) in [5.41, 5.74) is 1.23. The number of pyridine rings is 1. The van der Waals surface area contributed by atoms with E-state index in [1.165, 1.54) is 38.5 Å². The Morgan fingerprint density at radius 3 is 2.16 bits per heavy atom. The van der Waals surface area contributed by atoms with Gasteiger partial charge in [-0.05, 0) is 79.4 Å². The van der Waals surface area contributed by atoms with Crippen LogP contribution in [-0.2, 0) is 16.1 Å². The SMILES string of the molecule is O=C(CNC(=O)CC12CC3CC(CC(C3)C1)C2)NCc1ccncc1. The van der Waals surface area contributed by atoms with Crippen LogP contribution >= 0.6 is 0 Å². The van der Waals surface area contributed by atoms with Gasteiger partial charge in [-0.3, -0.25) is 14.6 Å². The fourth-order valence-corrected chi connectivity index (χ4v) is 5.85. The van der Waals surface area contributed by atoms with E-state index >= 15 is 0 Å². The van der Waals surface area contributed by atoms with Crippen LogP contribution in [0.2, 0.25) is 0 Å². The Hall–Kier alpha value is -1.91. The lowest BCUT2D eigenvalue weighted by atomic mass is 9.49. The molecule has 4 aliphatic rings. The van der Waals surface area contributed by atoms with E-state index in [1.54, 1.807) is 12.4 Å². The number of nitrogens with one attached hydrogen (secondary N) is 2. The number of aromatic nitrogens is 1. The third kappa shape index (κ3) is 3.86. The molecule has 0 spiro atoms. The van der Waals surface area contributed by atoms with Crippen molar-refractivity contribution in [1.82, 2.24) is 15.6 Å². The number of hydrogen-bond acceptors (Lipinski definition) is 3. The van der Waals surface area contributed by atoms with Gasteiger partial charge in [0.1, 0.15) is 0 Å². The zero-order valence-electron chi connectivity index (χ0n) is 14.7. The van der Waals surface area contributed by atoms with E-state index in [1.807, 2.05) is 12.1 Å². The molecule has 5 rings (SSSR count). The second-order valence-electron chi connectivity index (χ2n) is 8.50. The summed E-state index contributed by atoms with van der Waals surface area (Å²) >= 11 is 0. The van der Waals surface area contributed by atoms with Crippen LogP contribution in [0.1, 0.15) is 50.5 Å². The van der Waals surface area contributed by atoms with E-state index in [4.69, 9.17) is 0 Å². The van der Waals surface area contributed by atoms with Gasteiger partial charge in [0.05, 0.1) is 6.54 Å². The smallest absolute Gasteiger partial charge is 0.239 e. The molecule has 5 heteroatoms. The Kier molecular flexibility index (Phi) is 4.48. The molecule has 4 bridgehead atoms. The van der Waals surface area contributed by atoms with Gasteiger partial charge in [-0.25, -0.2) is 0 Å². The van der Waals surface area contributed by atoms with Crippen molar-refractivity contribution >= 4 is 11.8 Å². The van der Waals surface area contributed by atoms with Gasteiger partial charge < -0.3 is 10.6 Å². The minimum Gasteiger partial charge on any atom is -0.350 e. The van der Waals surface area contributed by atoms with Crippen LogP contribution < -0.4 is 10.6 Å². The summed E-state index contributed by atoms with van der Waals surface area (Å²) in [4.78, 5) is 28.3. The second kappa shape index (κ2) is 6.77. The number of hydrogen-bond donors (Lipinski definition) is 2. The quantitative estimate of drug-likeness (QED) is 0.835. The first-order valence-electron chi connectivity index (χ1n) is 9.52. The zero-order valence-corrected chi connectivity index (χ0v) is 14.7. The van der Waals surface area contributed by atoms with Crippen molar-refractivity contribution in [3.63, 3.8) is 0 Å². The molecule has 1 aromatic rings. The maximum absolute atomic E-state index is 12.4. The minimum absolute atomic E-state index is 0.0426. The van der Waals surface area contributed by atoms with E-state index < -0.39 is 0 Å². The van der Waals surface area contributed by atoms with Crippen molar-refractivity contribution < 1.29 is 9.59 Å². The standard InChI is InChI=1S/C20H27N3O2/c24-18(23-13-19(25)22-12-14-1-3-21-4-2-14)11-20-8-15-5-16(9-20)7-17(6-15)10-20/h1-4,15-17H,5-13H2,(H,22,25)(H,23,24). The maximum Gasteiger partial charge on any atom is 0.239 e. The third-order valence-corrected chi connectivity index (χ3v) is 6.39. The molecule has 1 heterocycles. The molecule has 0 unspecified atom stereocenters. The largest absolute Gasteiger partial charge is 0.350 e. The first-order chi connectivity index (χ1) is 12.1. The van der Waals surface area contributed by atoms with Crippen LogP contribution in [-0.4, -0.2) is 23.3 Å². The predicted octanol–water partition coefficient (Wildman–Crippen LogP) is 2.42. The van der Waals surface area contributed by atoms with Gasteiger partial charge in [0.2, 0.25) is 11.8 Å². The highest BCUT2D eigenvalue weighted by molar-refractivity contribution is 5.84. The lowest BCUT2D eigenvalue weighted by molar-refractivity contribution is -0.131. The van der Waals surface area contributed by atoms with Gasteiger partial charge in [-0.15, -0.1) is 0 Å². The highest BCUT2D eigenvalue weighted by Gasteiger charge is 2.51. The molecule has 5 nitrogen and oxygen atoms in total. The molecule has 0 atom stereocenters. The maximum atomic E-state index is 12.4. The van der Waals surface area contributed by atoms with E-state index in [0.717, 1.165) is 23.3 Å². The molecule has 0 aromatic carbocycles. The van der Waals surface area contributed by atoms with Crippen LogP contribution in [0.15, 0.2) is 24.5 Å². The average molecular weight is 341 g/mol. The number of nitrogens with zero attached hydrogens (tertiary/aromatic N) is 1. The molecule has 1 aromatic heterocycles. The molecule has 4 saturated carbocycles. The van der Waals surface area contributed by atoms with Gasteiger partial charge in [0, 0.05) is 25.4 Å². The molecule has 4 fully saturated rings. The first kappa shape index (κ1) is 16.6. The zero-order chi connectivity index (χ0) is 17.3. The summed E-state index contributed by atoms with van der Waals surface area (Å²) in [7, 11) is 0. The number of carbonyl (C=O) groups excluding carboxylic acids is 2. The lowest BCUT2D eigenvalue weighted by Crippen LogP contribution is -2.48. The minimum atomic E-state index is -0.143. The highest BCUT2D eigenvalue weighted by atomic mass is 16.2. The van der Waals surface area contributed by atoms with Gasteiger partial charge in [0.25, 0.3) is 0 Å². The van der Waals surface area contributed by atoms with Crippen molar-refractivity contribution in [2.24, 2.45) is 23.2 Å². The van der Waals surface area contributed by atoms with Crippen molar-refractivity contribution in [3.05, 3.63) is 30.1 Å². The third-order valence-electron chi connectivity index (χ3n) is 6.39. The van der Waals surface area contributed by atoms with Crippen molar-refractivity contribution in [1.29, 1.82) is 0 Å². The fraction of sp³-hybridized carbons (Fsp3) is 0.650. The molecule has 0 saturated heterocycles. The monoisotopic (exact) mass is 341 g/mol. The van der Waals surface area contributed by atoms with Crippen molar-refractivity contribution in [3.8, 4) is 0 Å². The molecule has 0 radical (unpaired) electrons. The summed E-state index contributed by atoms with van der Waals surface area (Å²) in [6, 6.07) is 3.73. The van der Waals surface area contributed by atoms with Crippen LogP contribution in [0.4, 0.5) is 0 Å². The van der Waals surface area contributed by atoms with Crippen LogP contribution in [0.5, 0.6) is 0 Å². The summed E-state index contributed by atoms with van der Waals surface area (Å²) in [5.74, 6) is 2.45. The lowest BCUT2D eigenvalue weighted by Gasteiger charge is -2.56. The van der Waals surface area contributed by atoms with Crippen molar-refractivity contribution in [2.45, 2.75) is 51.5 Å². The van der Waals surface area contributed by atoms with Gasteiger partial charge in [-0.2, -0.15) is 0 Å². The summed E-state index contributed by atoms with van der Waals surface area (Å²) in [6.45, 7) is 0.530. The average Bonchev–Trinajstić information content (AvgIpc) is 2.57. The predicted molar refractivity (Wildman–Crippen MR) is 94.3 cm³/mol. The number of amides is 2.